The molecule has 0 spiro atoms. The van der Waals surface area contributed by atoms with Gasteiger partial charge >= 0.3 is 0 Å². The SMILES string of the molecule is COc1cc(/C=C2\SC(=O)N(CC(=O)Nc3cc(C)cc(C)c3)C2=O)cc(Cl)c1OCc1ccccc1. The normalized spacial score (nSPS) is 14.3. The Bertz CT molecular complexity index is 1370. The van der Waals surface area contributed by atoms with E-state index in [-0.39, 0.29) is 11.4 Å². The van der Waals surface area contributed by atoms with Gasteiger partial charge in [-0.05, 0) is 78.2 Å². The van der Waals surface area contributed by atoms with Gasteiger partial charge in [0.1, 0.15) is 13.2 Å². The number of hydrogen-bond acceptors (Lipinski definition) is 6. The summed E-state index contributed by atoms with van der Waals surface area (Å²) in [6.45, 7) is 3.77. The summed E-state index contributed by atoms with van der Waals surface area (Å²) < 4.78 is 11.3. The van der Waals surface area contributed by atoms with Crippen molar-refractivity contribution in [3.05, 3.63) is 92.8 Å². The average Bonchev–Trinajstić information content (AvgIpc) is 3.10. The van der Waals surface area contributed by atoms with Gasteiger partial charge in [-0.2, -0.15) is 0 Å². The maximum absolute atomic E-state index is 12.9. The van der Waals surface area contributed by atoms with Crippen molar-refractivity contribution in [2.45, 2.75) is 20.5 Å². The topological polar surface area (TPSA) is 84.9 Å². The minimum absolute atomic E-state index is 0.181. The second-order valence-corrected chi connectivity index (χ2v) is 9.90. The maximum atomic E-state index is 12.9. The molecule has 0 radical (unpaired) electrons. The zero-order valence-electron chi connectivity index (χ0n) is 20.5. The van der Waals surface area contributed by atoms with Crippen LogP contribution in [-0.4, -0.2) is 35.6 Å². The second-order valence-electron chi connectivity index (χ2n) is 8.50. The number of hydrogen-bond donors (Lipinski definition) is 1. The Morgan fingerprint density at radius 1 is 1.05 bits per heavy atom. The van der Waals surface area contributed by atoms with E-state index in [1.807, 2.05) is 62.4 Å². The van der Waals surface area contributed by atoms with E-state index in [2.05, 4.69) is 5.32 Å². The predicted molar refractivity (Wildman–Crippen MR) is 146 cm³/mol. The first-order chi connectivity index (χ1) is 17.7. The molecule has 37 heavy (non-hydrogen) atoms. The molecule has 0 atom stereocenters. The molecule has 1 heterocycles. The highest BCUT2D eigenvalue weighted by atomic mass is 35.5. The van der Waals surface area contributed by atoms with E-state index in [4.69, 9.17) is 21.1 Å². The minimum Gasteiger partial charge on any atom is -0.493 e. The smallest absolute Gasteiger partial charge is 0.294 e. The number of nitrogens with zero attached hydrogens (tertiary/aromatic N) is 1. The van der Waals surface area contributed by atoms with Crippen LogP contribution < -0.4 is 14.8 Å². The molecule has 0 unspecified atom stereocenters. The van der Waals surface area contributed by atoms with Crippen molar-refractivity contribution >= 4 is 52.2 Å². The molecule has 0 saturated carbocycles. The van der Waals surface area contributed by atoms with E-state index < -0.39 is 17.1 Å². The zero-order valence-corrected chi connectivity index (χ0v) is 22.1. The van der Waals surface area contributed by atoms with Gasteiger partial charge in [-0.3, -0.25) is 19.3 Å². The van der Waals surface area contributed by atoms with Gasteiger partial charge in [-0.25, -0.2) is 0 Å². The lowest BCUT2D eigenvalue weighted by molar-refractivity contribution is -0.127. The minimum atomic E-state index is -0.551. The number of anilines is 1. The number of imide groups is 1. The molecule has 3 aromatic carbocycles. The summed E-state index contributed by atoms with van der Waals surface area (Å²) in [5, 5.41) is 2.53. The lowest BCUT2D eigenvalue weighted by Gasteiger charge is -2.14. The summed E-state index contributed by atoms with van der Waals surface area (Å²) in [6.07, 6.45) is 1.54. The summed E-state index contributed by atoms with van der Waals surface area (Å²) in [5.74, 6) is -0.244. The zero-order chi connectivity index (χ0) is 26.5. The van der Waals surface area contributed by atoms with Crippen molar-refractivity contribution in [1.29, 1.82) is 0 Å². The molecule has 0 aromatic heterocycles. The van der Waals surface area contributed by atoms with Crippen molar-refractivity contribution in [2.75, 3.05) is 19.0 Å². The number of halogens is 1. The Labute approximate surface area is 224 Å². The summed E-state index contributed by atoms with van der Waals surface area (Å²) in [6, 6.07) is 18.6. The molecule has 190 valence electrons. The van der Waals surface area contributed by atoms with E-state index >= 15 is 0 Å². The Morgan fingerprint density at radius 2 is 1.76 bits per heavy atom. The molecule has 1 N–H and O–H groups in total. The number of rotatable bonds is 8. The number of thioether (sulfide) groups is 1. The van der Waals surface area contributed by atoms with Gasteiger partial charge in [0.05, 0.1) is 17.0 Å². The van der Waals surface area contributed by atoms with Crippen molar-refractivity contribution in [1.82, 2.24) is 4.90 Å². The molecule has 7 nitrogen and oxygen atoms in total. The number of methoxy groups -OCH3 is 1. The molecule has 0 aliphatic carbocycles. The fourth-order valence-electron chi connectivity index (χ4n) is 3.87. The molecule has 1 saturated heterocycles. The number of nitrogens with one attached hydrogen (secondary N) is 1. The third kappa shape index (κ3) is 6.53. The van der Waals surface area contributed by atoms with Crippen LogP contribution in [-0.2, 0) is 16.2 Å². The Kier molecular flexibility index (Phi) is 8.21. The summed E-state index contributed by atoms with van der Waals surface area (Å²) in [4.78, 5) is 39.1. The molecule has 3 aromatic rings. The third-order valence-electron chi connectivity index (χ3n) is 5.46. The Morgan fingerprint density at radius 3 is 2.43 bits per heavy atom. The molecule has 9 heteroatoms. The van der Waals surface area contributed by atoms with Gasteiger partial charge in [0.25, 0.3) is 11.1 Å². The number of carbonyl (C=O) groups is 3. The van der Waals surface area contributed by atoms with Crippen LogP contribution in [0.1, 0.15) is 22.3 Å². The second kappa shape index (κ2) is 11.5. The first-order valence-electron chi connectivity index (χ1n) is 11.4. The van der Waals surface area contributed by atoms with E-state index in [0.717, 1.165) is 33.4 Å². The van der Waals surface area contributed by atoms with Crippen molar-refractivity contribution in [3.63, 3.8) is 0 Å². The standard InChI is InChI=1S/C28H25ClN2O5S/c1-17-9-18(2)11-21(10-17)30-25(32)15-31-27(33)24(37-28(31)34)14-20-12-22(29)26(23(13-20)35-3)36-16-19-7-5-4-6-8-19/h4-14H,15-16H2,1-3H3,(H,30,32)/b24-14-. The summed E-state index contributed by atoms with van der Waals surface area (Å²) in [5.41, 5.74) is 4.13. The summed E-state index contributed by atoms with van der Waals surface area (Å²) in [7, 11) is 1.49. The molecule has 4 rings (SSSR count). The van der Waals surface area contributed by atoms with Crippen LogP contribution in [0.25, 0.3) is 6.08 Å². The fraction of sp³-hybridized carbons (Fsp3) is 0.179. The van der Waals surface area contributed by atoms with E-state index in [0.29, 0.717) is 34.4 Å². The number of carbonyl (C=O) groups excluding carboxylic acids is 3. The van der Waals surface area contributed by atoms with Crippen LogP contribution >= 0.6 is 23.4 Å². The van der Waals surface area contributed by atoms with Gasteiger partial charge in [-0.15, -0.1) is 0 Å². The van der Waals surface area contributed by atoms with Crippen LogP contribution in [0.15, 0.2) is 65.6 Å². The highest BCUT2D eigenvalue weighted by molar-refractivity contribution is 8.18. The quantitative estimate of drug-likeness (QED) is 0.344. The van der Waals surface area contributed by atoms with Gasteiger partial charge in [0, 0.05) is 5.69 Å². The molecular weight excluding hydrogens is 512 g/mol. The van der Waals surface area contributed by atoms with Crippen molar-refractivity contribution in [3.8, 4) is 11.5 Å². The van der Waals surface area contributed by atoms with E-state index in [9.17, 15) is 14.4 Å². The Hall–Kier alpha value is -3.75. The number of aryl methyl sites for hydroxylation is 2. The fourth-order valence-corrected chi connectivity index (χ4v) is 4.98. The molecule has 3 amide bonds. The van der Waals surface area contributed by atoms with E-state index in [1.54, 1.807) is 18.2 Å². The first-order valence-corrected chi connectivity index (χ1v) is 12.6. The molecule has 1 aliphatic heterocycles. The van der Waals surface area contributed by atoms with Crippen LogP contribution in [0.2, 0.25) is 5.02 Å². The van der Waals surface area contributed by atoms with Crippen molar-refractivity contribution < 1.29 is 23.9 Å². The van der Waals surface area contributed by atoms with Crippen LogP contribution in [0.3, 0.4) is 0 Å². The molecule has 1 fully saturated rings. The number of ether oxygens (including phenoxy) is 2. The first kappa shape index (κ1) is 26.3. The lowest BCUT2D eigenvalue weighted by atomic mass is 10.1. The highest BCUT2D eigenvalue weighted by Crippen LogP contribution is 2.39. The van der Waals surface area contributed by atoms with Gasteiger partial charge in [0.15, 0.2) is 11.5 Å². The lowest BCUT2D eigenvalue weighted by Crippen LogP contribution is -2.36. The molecular formula is C28H25ClN2O5S. The van der Waals surface area contributed by atoms with Gasteiger partial charge in [-0.1, -0.05) is 48.0 Å². The van der Waals surface area contributed by atoms with E-state index in [1.165, 1.54) is 7.11 Å². The molecule has 1 aliphatic rings. The largest absolute Gasteiger partial charge is 0.493 e. The third-order valence-corrected chi connectivity index (χ3v) is 6.64. The highest BCUT2D eigenvalue weighted by Gasteiger charge is 2.36. The Balaban J connectivity index is 1.47. The molecule has 0 bridgehead atoms. The average molecular weight is 537 g/mol. The maximum Gasteiger partial charge on any atom is 0.294 e. The number of amides is 3. The van der Waals surface area contributed by atoms with Crippen LogP contribution in [0.5, 0.6) is 11.5 Å². The summed E-state index contributed by atoms with van der Waals surface area (Å²) >= 11 is 7.23. The van der Waals surface area contributed by atoms with Gasteiger partial charge < -0.3 is 14.8 Å². The predicted octanol–water partition coefficient (Wildman–Crippen LogP) is 6.22. The van der Waals surface area contributed by atoms with Gasteiger partial charge in [0.2, 0.25) is 5.91 Å². The van der Waals surface area contributed by atoms with Crippen LogP contribution in [0, 0.1) is 13.8 Å². The number of benzene rings is 3. The monoisotopic (exact) mass is 536 g/mol. The van der Waals surface area contributed by atoms with Crippen molar-refractivity contribution in [2.24, 2.45) is 0 Å². The van der Waals surface area contributed by atoms with Crippen LogP contribution in [0.4, 0.5) is 10.5 Å².